The number of hydrogen-bond donors (Lipinski definition) is 2. The summed E-state index contributed by atoms with van der Waals surface area (Å²) < 4.78 is 33.5. The average Bonchev–Trinajstić information content (AvgIpc) is 3.21. The van der Waals surface area contributed by atoms with Crippen LogP contribution in [-0.2, 0) is 10.3 Å². The van der Waals surface area contributed by atoms with Crippen molar-refractivity contribution in [1.82, 2.24) is 20.1 Å². The van der Waals surface area contributed by atoms with Gasteiger partial charge in [0.25, 0.3) is 0 Å². The molecule has 1 aliphatic heterocycles. The molecule has 1 aliphatic rings. The molecule has 1 aromatic heterocycles. The molecule has 0 aliphatic carbocycles. The van der Waals surface area contributed by atoms with Gasteiger partial charge in [0.1, 0.15) is 18.0 Å². The quantitative estimate of drug-likeness (QED) is 0.718. The Labute approximate surface area is 159 Å². The van der Waals surface area contributed by atoms with Crippen LogP contribution in [0.5, 0.6) is 0 Å². The largest absolute Gasteiger partial charge is 0.436 e. The van der Waals surface area contributed by atoms with E-state index in [-0.39, 0.29) is 11.6 Å². The van der Waals surface area contributed by atoms with Crippen molar-refractivity contribution in [3.05, 3.63) is 65.5 Å². The van der Waals surface area contributed by atoms with Crippen molar-refractivity contribution in [3.63, 3.8) is 0 Å². The molecule has 0 spiro atoms. The van der Waals surface area contributed by atoms with E-state index in [0.717, 1.165) is 29.3 Å². The number of hydrogen-bond acceptors (Lipinski definition) is 5. The number of alkyl carbamates (subject to hydrolysis) is 1. The SMILES string of the molecule is Cc1cc(Nc2ncn(-c3cc(F)cc(F)c3)n2)cc(C2(C)CNC(=O)O2)c1. The van der Waals surface area contributed by atoms with Gasteiger partial charge >= 0.3 is 6.09 Å². The smallest absolute Gasteiger partial charge is 0.408 e. The number of cyclic esters (lactones) is 1. The van der Waals surface area contributed by atoms with Crippen molar-refractivity contribution in [2.75, 3.05) is 11.9 Å². The van der Waals surface area contributed by atoms with Crippen molar-refractivity contribution in [3.8, 4) is 5.69 Å². The highest BCUT2D eigenvalue weighted by molar-refractivity contribution is 5.71. The van der Waals surface area contributed by atoms with E-state index in [1.165, 1.54) is 11.0 Å². The summed E-state index contributed by atoms with van der Waals surface area (Å²) in [4.78, 5) is 15.6. The van der Waals surface area contributed by atoms with Gasteiger partial charge in [-0.25, -0.2) is 18.3 Å². The zero-order valence-electron chi connectivity index (χ0n) is 15.2. The van der Waals surface area contributed by atoms with Gasteiger partial charge in [0, 0.05) is 11.8 Å². The van der Waals surface area contributed by atoms with Crippen molar-refractivity contribution in [1.29, 1.82) is 0 Å². The van der Waals surface area contributed by atoms with Crippen LogP contribution in [0, 0.1) is 18.6 Å². The summed E-state index contributed by atoms with van der Waals surface area (Å²) in [6.07, 6.45) is 0.901. The fourth-order valence-electron chi connectivity index (χ4n) is 3.08. The predicted molar refractivity (Wildman–Crippen MR) is 97.6 cm³/mol. The summed E-state index contributed by atoms with van der Waals surface area (Å²) in [6, 6.07) is 8.78. The van der Waals surface area contributed by atoms with Crippen LogP contribution in [0.3, 0.4) is 0 Å². The van der Waals surface area contributed by atoms with Gasteiger partial charge in [0.15, 0.2) is 5.60 Å². The topological polar surface area (TPSA) is 81.1 Å². The standard InChI is InChI=1S/C19H17F2N5O2/c1-11-3-12(19(2)9-22-18(27)28-19)5-15(4-11)24-17-23-10-26(25-17)16-7-13(20)6-14(21)8-16/h3-8,10H,9H2,1-2H3,(H,22,27)(H,24,25). The normalized spacial score (nSPS) is 18.6. The number of aromatic nitrogens is 3. The second-order valence-corrected chi connectivity index (χ2v) is 6.83. The van der Waals surface area contributed by atoms with Crippen molar-refractivity contribution in [2.24, 2.45) is 0 Å². The molecule has 0 radical (unpaired) electrons. The second kappa shape index (κ2) is 6.59. The molecule has 9 heteroatoms. The summed E-state index contributed by atoms with van der Waals surface area (Å²) in [6.45, 7) is 4.12. The summed E-state index contributed by atoms with van der Waals surface area (Å²) in [5, 5.41) is 9.93. The summed E-state index contributed by atoms with van der Waals surface area (Å²) in [7, 11) is 0. The zero-order valence-corrected chi connectivity index (χ0v) is 15.2. The van der Waals surface area contributed by atoms with E-state index in [2.05, 4.69) is 20.7 Å². The highest BCUT2D eigenvalue weighted by atomic mass is 19.1. The van der Waals surface area contributed by atoms with E-state index in [4.69, 9.17) is 4.74 Å². The Bertz CT molecular complexity index is 1050. The molecule has 3 aromatic rings. The van der Waals surface area contributed by atoms with E-state index in [0.29, 0.717) is 12.2 Å². The van der Waals surface area contributed by atoms with Crippen molar-refractivity contribution >= 4 is 17.7 Å². The molecule has 144 valence electrons. The first kappa shape index (κ1) is 17.9. The molecule has 4 rings (SSSR count). The van der Waals surface area contributed by atoms with E-state index < -0.39 is 23.3 Å². The average molecular weight is 385 g/mol. The van der Waals surface area contributed by atoms with Gasteiger partial charge in [-0.05, 0) is 49.2 Å². The van der Waals surface area contributed by atoms with E-state index >= 15 is 0 Å². The number of halogens is 2. The Morgan fingerprint density at radius 3 is 2.61 bits per heavy atom. The molecule has 0 saturated carbocycles. The minimum absolute atomic E-state index is 0.222. The fraction of sp³-hybridized carbons (Fsp3) is 0.211. The maximum absolute atomic E-state index is 13.4. The van der Waals surface area contributed by atoms with Crippen molar-refractivity contribution < 1.29 is 18.3 Å². The summed E-state index contributed by atoms with van der Waals surface area (Å²) >= 11 is 0. The predicted octanol–water partition coefficient (Wildman–Crippen LogP) is 3.55. The first-order valence-electron chi connectivity index (χ1n) is 8.55. The fourth-order valence-corrected chi connectivity index (χ4v) is 3.08. The molecule has 28 heavy (non-hydrogen) atoms. The lowest BCUT2D eigenvalue weighted by Crippen LogP contribution is -2.26. The third-order valence-corrected chi connectivity index (χ3v) is 4.44. The number of nitrogens with zero attached hydrogens (tertiary/aromatic N) is 3. The molecule has 1 fully saturated rings. The van der Waals surface area contributed by atoms with Gasteiger partial charge in [-0.3, -0.25) is 0 Å². The van der Waals surface area contributed by atoms with Crippen LogP contribution >= 0.6 is 0 Å². The Morgan fingerprint density at radius 2 is 1.93 bits per heavy atom. The zero-order chi connectivity index (χ0) is 19.9. The molecule has 1 atom stereocenters. The number of ether oxygens (including phenoxy) is 1. The Balaban J connectivity index is 1.60. The molecule has 2 N–H and O–H groups in total. The number of anilines is 2. The minimum atomic E-state index is -0.772. The number of rotatable bonds is 4. The lowest BCUT2D eigenvalue weighted by atomic mass is 9.94. The van der Waals surface area contributed by atoms with Crippen LogP contribution < -0.4 is 10.6 Å². The first-order valence-corrected chi connectivity index (χ1v) is 8.55. The summed E-state index contributed by atoms with van der Waals surface area (Å²) in [5.41, 5.74) is 1.92. The van der Waals surface area contributed by atoms with Gasteiger partial charge in [-0.15, -0.1) is 5.10 Å². The lowest BCUT2D eigenvalue weighted by Gasteiger charge is -2.22. The van der Waals surface area contributed by atoms with Crippen LogP contribution in [0.4, 0.5) is 25.2 Å². The number of aryl methyl sites for hydroxylation is 1. The Hall–Kier alpha value is -3.49. The molecule has 0 bridgehead atoms. The number of nitrogens with one attached hydrogen (secondary N) is 2. The number of carbonyl (C=O) groups is 1. The van der Waals surface area contributed by atoms with Crippen LogP contribution in [-0.4, -0.2) is 27.4 Å². The van der Waals surface area contributed by atoms with Gasteiger partial charge < -0.3 is 15.4 Å². The van der Waals surface area contributed by atoms with Gasteiger partial charge in [-0.1, -0.05) is 6.07 Å². The lowest BCUT2D eigenvalue weighted by molar-refractivity contribution is 0.0704. The molecule has 2 aromatic carbocycles. The molecule has 1 amide bonds. The maximum atomic E-state index is 13.4. The molecule has 2 heterocycles. The van der Waals surface area contributed by atoms with Gasteiger partial charge in [0.05, 0.1) is 12.2 Å². The maximum Gasteiger partial charge on any atom is 0.408 e. The Morgan fingerprint density at radius 1 is 1.18 bits per heavy atom. The van der Waals surface area contributed by atoms with Gasteiger partial charge in [-0.2, -0.15) is 4.98 Å². The third-order valence-electron chi connectivity index (χ3n) is 4.44. The second-order valence-electron chi connectivity index (χ2n) is 6.83. The monoisotopic (exact) mass is 385 g/mol. The highest BCUT2D eigenvalue weighted by Gasteiger charge is 2.37. The van der Waals surface area contributed by atoms with E-state index in [9.17, 15) is 13.6 Å². The number of amides is 1. The van der Waals surface area contributed by atoms with Gasteiger partial charge in [0.2, 0.25) is 5.95 Å². The van der Waals surface area contributed by atoms with E-state index in [1.807, 2.05) is 32.0 Å². The van der Waals surface area contributed by atoms with Crippen LogP contribution in [0.25, 0.3) is 5.69 Å². The van der Waals surface area contributed by atoms with Crippen LogP contribution in [0.2, 0.25) is 0 Å². The first-order chi connectivity index (χ1) is 13.3. The van der Waals surface area contributed by atoms with Crippen LogP contribution in [0.1, 0.15) is 18.1 Å². The Kier molecular flexibility index (Phi) is 4.21. The van der Waals surface area contributed by atoms with Crippen LogP contribution in [0.15, 0.2) is 42.7 Å². The highest BCUT2D eigenvalue weighted by Crippen LogP contribution is 2.31. The molecule has 7 nitrogen and oxygen atoms in total. The molecular weight excluding hydrogens is 368 g/mol. The summed E-state index contributed by atoms with van der Waals surface area (Å²) in [5.74, 6) is -1.14. The number of benzene rings is 2. The minimum Gasteiger partial charge on any atom is -0.436 e. The molecular formula is C19H17F2N5O2. The molecule has 1 saturated heterocycles. The van der Waals surface area contributed by atoms with Crippen molar-refractivity contribution in [2.45, 2.75) is 19.4 Å². The molecule has 1 unspecified atom stereocenters. The van der Waals surface area contributed by atoms with E-state index in [1.54, 1.807) is 0 Å². The number of carbonyl (C=O) groups excluding carboxylic acids is 1. The third kappa shape index (κ3) is 3.51.